The van der Waals surface area contributed by atoms with E-state index in [2.05, 4.69) is 41.9 Å². The van der Waals surface area contributed by atoms with E-state index in [0.717, 1.165) is 12.1 Å². The highest BCUT2D eigenvalue weighted by molar-refractivity contribution is 7.98. The number of non-ortho nitro benzene ring substituents is 1. The number of hydrogen-bond donors (Lipinski definition) is 13. The molecule has 1 fully saturated rings. The first-order valence-electron chi connectivity index (χ1n) is 27.3. The molecule has 1 aromatic heterocycles. The number of nitrogens with two attached hydrogens (primary N) is 2. The van der Waals surface area contributed by atoms with E-state index >= 15 is 0 Å². The van der Waals surface area contributed by atoms with Gasteiger partial charge in [0.1, 0.15) is 59.5 Å². The highest BCUT2D eigenvalue weighted by Gasteiger charge is 2.40. The molecule has 6 rings (SSSR count). The van der Waals surface area contributed by atoms with Gasteiger partial charge in [-0.05, 0) is 104 Å². The van der Waals surface area contributed by atoms with Gasteiger partial charge in [0, 0.05) is 55.5 Å². The van der Waals surface area contributed by atoms with Crippen LogP contribution in [-0.4, -0.2) is 162 Å². The number of benzene rings is 4. The monoisotopic (exact) mass is 1270 g/mol. The molecule has 0 spiro atoms. The summed E-state index contributed by atoms with van der Waals surface area (Å²) in [5.41, 5.74) is 11.8. The number of carboxylic acids is 2. The van der Waals surface area contributed by atoms with E-state index in [0.29, 0.717) is 39.8 Å². The minimum Gasteiger partial charge on any atom is -0.508 e. The second-order valence-electron chi connectivity index (χ2n) is 20.3. The van der Waals surface area contributed by atoms with E-state index in [1.165, 1.54) is 78.2 Å². The number of hydrogen-bond acceptors (Lipinski definition) is 17. The van der Waals surface area contributed by atoms with Crippen molar-refractivity contribution < 1.29 is 81.8 Å². The van der Waals surface area contributed by atoms with Crippen molar-refractivity contribution in [1.82, 2.24) is 36.9 Å². The number of carbonyl (C=O) groups is 8. The third-order valence-electron chi connectivity index (χ3n) is 13.8. The first-order valence-corrected chi connectivity index (χ1v) is 28.7. The van der Waals surface area contributed by atoms with E-state index < -0.39 is 117 Å². The van der Waals surface area contributed by atoms with E-state index in [-0.39, 0.29) is 81.2 Å². The zero-order chi connectivity index (χ0) is 65.7. The molecule has 1 aliphatic heterocycles. The predicted octanol–water partition coefficient (Wildman–Crippen LogP) is 2.55. The van der Waals surface area contributed by atoms with E-state index in [4.69, 9.17) is 21.4 Å². The number of aliphatic carboxylic acids is 2. The number of thioether (sulfide) groups is 1. The summed E-state index contributed by atoms with van der Waals surface area (Å²) in [6.45, 7) is 1.58. The number of nitrogens with zero attached hydrogens (tertiary/aromatic N) is 4. The van der Waals surface area contributed by atoms with Crippen molar-refractivity contribution in [3.63, 3.8) is 0 Å². The minimum absolute atomic E-state index is 0.0449. The summed E-state index contributed by atoms with van der Waals surface area (Å²) in [5, 5.41) is 77.4. The Kier molecular flexibility index (Phi) is 25.4. The number of carboxylic acid groups (broad SMARTS) is 2. The highest BCUT2D eigenvalue weighted by atomic mass is 32.2. The Labute approximate surface area is 508 Å². The number of carbonyl (C=O) groups excluding carboxylic acids is 6. The van der Waals surface area contributed by atoms with Gasteiger partial charge in [0.15, 0.2) is 5.96 Å². The molecule has 1 saturated heterocycles. The first kappa shape index (κ1) is 69.6. The number of rotatable bonds is 29. The number of aliphatic imine (C=N–C) groups is 1. The number of fused-ring (bicyclic) bond motifs is 1. The molecule has 7 atom stereocenters. The van der Waals surface area contributed by atoms with Crippen molar-refractivity contribution in [2.24, 2.45) is 16.5 Å². The van der Waals surface area contributed by atoms with Crippen LogP contribution in [0.3, 0.4) is 0 Å². The number of aromatic nitrogens is 1. The van der Waals surface area contributed by atoms with Gasteiger partial charge in [-0.3, -0.25) is 54.0 Å². The Morgan fingerprint density at radius 1 is 0.719 bits per heavy atom. The van der Waals surface area contributed by atoms with Crippen LogP contribution in [0, 0.1) is 20.2 Å². The Hall–Kier alpha value is -10.2. The number of aromatic hydroxyl groups is 2. The number of nitro benzene ring substituents is 2. The SMILES string of the molecule is CSCCC(NC(=O)C(Cc1c[nH]c2ccccc12)NC(=O)C(Cc1ccc(O)cc1)NC(=O)C(C)NC(=O)C(Cc1ccc(O)cc1)NC(=O)C1CCCN1c1ccc([N+](=O)[O-])cc1[N+](=O)[O-])C(=O)NC(CCCN=C(N)N)C(=O)O.O=C(O)C(F)(F)F. The molecular weight excluding hydrogens is 1200 g/mol. The summed E-state index contributed by atoms with van der Waals surface area (Å²) in [6, 6.07) is 12.3. The number of nitrogens with one attached hydrogen (secondary N) is 7. The van der Waals surface area contributed by atoms with Crippen molar-refractivity contribution in [2.45, 2.75) is 107 Å². The molecule has 7 unspecified atom stereocenters. The lowest BCUT2D eigenvalue weighted by Gasteiger charge is -2.28. The fourth-order valence-corrected chi connectivity index (χ4v) is 9.72. The van der Waals surface area contributed by atoms with Gasteiger partial charge in [0.2, 0.25) is 35.4 Å². The molecule has 2 heterocycles. The highest BCUT2D eigenvalue weighted by Crippen LogP contribution is 2.36. The van der Waals surface area contributed by atoms with Gasteiger partial charge < -0.3 is 73.7 Å². The summed E-state index contributed by atoms with van der Waals surface area (Å²) in [5.74, 6) is -9.11. The van der Waals surface area contributed by atoms with Gasteiger partial charge in [0.25, 0.3) is 11.4 Å². The number of aromatic amines is 1. The number of amides is 6. The van der Waals surface area contributed by atoms with Gasteiger partial charge in [-0.1, -0.05) is 42.5 Å². The van der Waals surface area contributed by atoms with Gasteiger partial charge in [-0.15, -0.1) is 0 Å². The number of para-hydroxylation sites is 1. The molecule has 29 nitrogen and oxygen atoms in total. The molecule has 89 heavy (non-hydrogen) atoms. The Bertz CT molecular complexity index is 3390. The Morgan fingerprint density at radius 2 is 1.25 bits per heavy atom. The molecule has 1 aliphatic rings. The summed E-state index contributed by atoms with van der Waals surface area (Å²) in [4.78, 5) is 137. The van der Waals surface area contributed by atoms with Crippen molar-refractivity contribution in [2.75, 3.05) is 30.0 Å². The van der Waals surface area contributed by atoms with Crippen LogP contribution in [-0.2, 0) is 57.6 Å². The van der Waals surface area contributed by atoms with Crippen LogP contribution < -0.4 is 48.3 Å². The summed E-state index contributed by atoms with van der Waals surface area (Å²) in [7, 11) is 0. The fraction of sp³-hybridized carbons (Fsp3) is 0.375. The topological polar surface area (TPSA) is 459 Å². The van der Waals surface area contributed by atoms with Crippen LogP contribution in [0.5, 0.6) is 11.5 Å². The quantitative estimate of drug-likeness (QED) is 0.0108. The molecular formula is C56H66F3N13O16S. The second kappa shape index (κ2) is 32.5. The van der Waals surface area contributed by atoms with E-state index in [1.807, 2.05) is 0 Å². The number of phenolic OH excluding ortho intramolecular Hbond substituents is 2. The second-order valence-corrected chi connectivity index (χ2v) is 21.2. The number of H-pyrrole nitrogens is 1. The molecule has 33 heteroatoms. The number of alkyl halides is 3. The number of phenols is 2. The lowest BCUT2D eigenvalue weighted by atomic mass is 10.0. The maximum absolute atomic E-state index is 14.7. The lowest BCUT2D eigenvalue weighted by Crippen LogP contribution is -2.60. The van der Waals surface area contributed by atoms with Crippen LogP contribution >= 0.6 is 11.8 Å². The molecule has 0 saturated carbocycles. The number of anilines is 1. The van der Waals surface area contributed by atoms with Crippen LogP contribution in [0.4, 0.5) is 30.2 Å². The summed E-state index contributed by atoms with van der Waals surface area (Å²) in [6.07, 6.45) is -1.41. The largest absolute Gasteiger partial charge is 0.508 e. The number of halogens is 3. The molecule has 478 valence electrons. The molecule has 0 bridgehead atoms. The predicted molar refractivity (Wildman–Crippen MR) is 317 cm³/mol. The molecule has 6 amide bonds. The standard InChI is InChI=1S/C54H65N13O14S.C2HF3O2/c1-30(59-49(72)41(25-31-11-16-35(68)17-12-31)64-52(75)45-10-6-23-65(45)44-20-15-34(66(78)79)28-46(44)67(80)81)47(70)62-42(26-32-13-18-36(69)19-14-32)50(73)63-43(27-33-29-58-38-8-4-3-7-37(33)38)51(74)60-39(21-24-82-2)48(71)61-40(53(76)77)9-5-22-57-54(55)56;3-2(4,5)1(6)7/h3-4,7-8,11-20,28-30,39-43,45,58,68-69H,5-6,9-10,21-27H2,1-2H3,(H,59,72)(H,60,74)(H,61,71)(H,62,70)(H,63,73)(H,64,75)(H,76,77)(H4,55,56,57);(H,6,7). The zero-order valence-electron chi connectivity index (χ0n) is 47.7. The number of nitro groups is 2. The smallest absolute Gasteiger partial charge is 0.490 e. The lowest BCUT2D eigenvalue weighted by molar-refractivity contribution is -0.393. The molecule has 15 N–H and O–H groups in total. The minimum atomic E-state index is -5.08. The number of guanidine groups is 1. The maximum atomic E-state index is 14.7. The van der Waals surface area contributed by atoms with Crippen molar-refractivity contribution in [1.29, 1.82) is 0 Å². The normalized spacial score (nSPS) is 14.8. The summed E-state index contributed by atoms with van der Waals surface area (Å²) < 4.78 is 31.7. The first-order chi connectivity index (χ1) is 42.1. The van der Waals surface area contributed by atoms with Crippen LogP contribution in [0.25, 0.3) is 10.9 Å². The van der Waals surface area contributed by atoms with Gasteiger partial charge in [-0.2, -0.15) is 24.9 Å². The molecule has 5 aromatic rings. The van der Waals surface area contributed by atoms with Gasteiger partial charge in [0.05, 0.1) is 15.9 Å². The van der Waals surface area contributed by atoms with E-state index in [9.17, 15) is 82.3 Å². The third-order valence-corrected chi connectivity index (χ3v) is 14.4. The molecule has 0 radical (unpaired) electrons. The maximum Gasteiger partial charge on any atom is 0.490 e. The van der Waals surface area contributed by atoms with Gasteiger partial charge >= 0.3 is 18.1 Å². The van der Waals surface area contributed by atoms with Crippen LogP contribution in [0.1, 0.15) is 55.7 Å². The average Bonchev–Trinajstić information content (AvgIpc) is 2.67. The van der Waals surface area contributed by atoms with Gasteiger partial charge in [-0.25, -0.2) is 9.59 Å². The molecule has 4 aromatic carbocycles. The van der Waals surface area contributed by atoms with Crippen molar-refractivity contribution in [3.8, 4) is 11.5 Å². The van der Waals surface area contributed by atoms with Crippen LogP contribution in [0.2, 0.25) is 0 Å². The van der Waals surface area contributed by atoms with Crippen molar-refractivity contribution >= 4 is 93.1 Å². The zero-order valence-corrected chi connectivity index (χ0v) is 48.5. The van der Waals surface area contributed by atoms with E-state index in [1.54, 1.807) is 36.7 Å². The fourth-order valence-electron chi connectivity index (χ4n) is 9.25. The third kappa shape index (κ3) is 21.0. The Balaban J connectivity index is 0.00000194. The molecule has 0 aliphatic carbocycles. The summed E-state index contributed by atoms with van der Waals surface area (Å²) >= 11 is 1.37. The van der Waals surface area contributed by atoms with Crippen molar-refractivity contribution in [3.05, 3.63) is 134 Å². The average molecular weight is 1270 g/mol. The van der Waals surface area contributed by atoms with Crippen LogP contribution in [0.15, 0.2) is 102 Å². The Morgan fingerprint density at radius 3 is 1.80 bits per heavy atom.